The number of β-lactam (4-membered cyclic amide) rings is 1. The van der Waals surface area contributed by atoms with Crippen molar-refractivity contribution in [2.24, 2.45) is 5.73 Å². The number of aliphatic carboxylic acids is 1. The highest BCUT2D eigenvalue weighted by Crippen LogP contribution is 2.34. The van der Waals surface area contributed by atoms with Crippen LogP contribution in [-0.2, 0) is 9.59 Å². The maximum atomic E-state index is 11.1. The molecule has 2 aliphatic heterocycles. The zero-order valence-corrected chi connectivity index (χ0v) is 6.43. The molecule has 5 heteroatoms. The second-order valence-corrected chi connectivity index (χ2v) is 3.27. The van der Waals surface area contributed by atoms with Gasteiger partial charge in [-0.1, -0.05) is 0 Å². The number of amides is 1. The minimum Gasteiger partial charge on any atom is -0.480 e. The summed E-state index contributed by atoms with van der Waals surface area (Å²) in [7, 11) is 0. The smallest absolute Gasteiger partial charge is 0.326 e. The summed E-state index contributed by atoms with van der Waals surface area (Å²) in [6.45, 7) is 0. The maximum absolute atomic E-state index is 11.1. The van der Waals surface area contributed by atoms with E-state index in [9.17, 15) is 9.59 Å². The van der Waals surface area contributed by atoms with Crippen LogP contribution >= 0.6 is 0 Å². The van der Waals surface area contributed by atoms with Crippen molar-refractivity contribution in [3.8, 4) is 0 Å². The Balaban J connectivity index is 2.16. The monoisotopic (exact) mass is 170 g/mol. The highest BCUT2D eigenvalue weighted by Gasteiger charge is 2.54. The molecule has 0 spiro atoms. The lowest BCUT2D eigenvalue weighted by Crippen LogP contribution is -2.68. The molecule has 2 heterocycles. The van der Waals surface area contributed by atoms with E-state index >= 15 is 0 Å². The largest absolute Gasteiger partial charge is 0.480 e. The molecule has 0 radical (unpaired) electrons. The first-order valence-corrected chi connectivity index (χ1v) is 3.93. The van der Waals surface area contributed by atoms with Crippen LogP contribution in [-0.4, -0.2) is 40.0 Å². The summed E-state index contributed by atoms with van der Waals surface area (Å²) in [6, 6.07) is -1.09. The third kappa shape index (κ3) is 0.714. The Morgan fingerprint density at radius 3 is 2.83 bits per heavy atom. The number of carbonyl (C=O) groups is 2. The molecule has 0 aliphatic carbocycles. The molecule has 5 nitrogen and oxygen atoms in total. The molecule has 0 unspecified atom stereocenters. The van der Waals surface area contributed by atoms with E-state index in [2.05, 4.69) is 0 Å². The Morgan fingerprint density at radius 1 is 1.58 bits per heavy atom. The van der Waals surface area contributed by atoms with E-state index < -0.39 is 18.1 Å². The van der Waals surface area contributed by atoms with Gasteiger partial charge in [0.05, 0.1) is 6.04 Å². The Labute approximate surface area is 69.1 Å². The second-order valence-electron chi connectivity index (χ2n) is 3.27. The molecule has 2 fully saturated rings. The van der Waals surface area contributed by atoms with Crippen LogP contribution in [0.1, 0.15) is 12.8 Å². The summed E-state index contributed by atoms with van der Waals surface area (Å²) in [5.41, 5.74) is 5.49. The van der Waals surface area contributed by atoms with E-state index in [0.29, 0.717) is 6.42 Å². The van der Waals surface area contributed by atoms with Crippen LogP contribution < -0.4 is 5.73 Å². The lowest BCUT2D eigenvalue weighted by atomic mass is 9.97. The van der Waals surface area contributed by atoms with Gasteiger partial charge in [0.2, 0.25) is 5.91 Å². The molecule has 0 aromatic rings. The molecule has 66 valence electrons. The molecule has 1 amide bonds. The summed E-state index contributed by atoms with van der Waals surface area (Å²) >= 11 is 0. The van der Waals surface area contributed by atoms with Gasteiger partial charge in [-0.05, 0) is 12.8 Å². The van der Waals surface area contributed by atoms with Crippen molar-refractivity contribution in [1.29, 1.82) is 0 Å². The predicted molar refractivity (Wildman–Crippen MR) is 39.3 cm³/mol. The van der Waals surface area contributed by atoms with E-state index in [4.69, 9.17) is 10.8 Å². The second kappa shape index (κ2) is 2.20. The minimum absolute atomic E-state index is 0.0152. The normalized spacial score (nSPS) is 39.2. The number of nitrogens with two attached hydrogens (primary N) is 1. The van der Waals surface area contributed by atoms with E-state index in [1.807, 2.05) is 0 Å². The van der Waals surface area contributed by atoms with Gasteiger partial charge in [0.1, 0.15) is 12.1 Å². The first-order valence-electron chi connectivity index (χ1n) is 3.93. The van der Waals surface area contributed by atoms with Crippen LogP contribution in [0, 0.1) is 0 Å². The molecule has 2 saturated heterocycles. The van der Waals surface area contributed by atoms with Crippen LogP contribution in [0.25, 0.3) is 0 Å². The number of carbonyl (C=O) groups excluding carboxylic acids is 1. The van der Waals surface area contributed by atoms with Crippen molar-refractivity contribution >= 4 is 11.9 Å². The highest BCUT2D eigenvalue weighted by molar-refractivity contribution is 5.94. The SMILES string of the molecule is N[C@@H]1C(=O)N2[C@@H](C(=O)O)CC[C@@H]12. The number of carboxylic acids is 1. The van der Waals surface area contributed by atoms with Gasteiger partial charge >= 0.3 is 5.97 Å². The van der Waals surface area contributed by atoms with Gasteiger partial charge in [-0.2, -0.15) is 0 Å². The predicted octanol–water partition coefficient (Wildman–Crippen LogP) is -1.23. The fraction of sp³-hybridized carbons (Fsp3) is 0.714. The van der Waals surface area contributed by atoms with Crippen molar-refractivity contribution in [1.82, 2.24) is 4.90 Å². The summed E-state index contributed by atoms with van der Waals surface area (Å²) in [5, 5.41) is 8.70. The molecule has 0 bridgehead atoms. The third-order valence-corrected chi connectivity index (χ3v) is 2.67. The zero-order chi connectivity index (χ0) is 8.88. The minimum atomic E-state index is -0.919. The van der Waals surface area contributed by atoms with Crippen molar-refractivity contribution in [3.63, 3.8) is 0 Å². The van der Waals surface area contributed by atoms with E-state index in [1.54, 1.807) is 0 Å². The Kier molecular flexibility index (Phi) is 1.38. The van der Waals surface area contributed by atoms with Gasteiger partial charge in [0.25, 0.3) is 0 Å². The summed E-state index contributed by atoms with van der Waals surface area (Å²) in [5.74, 6) is -1.14. The van der Waals surface area contributed by atoms with Crippen molar-refractivity contribution in [2.45, 2.75) is 31.0 Å². The van der Waals surface area contributed by atoms with Crippen LogP contribution in [0.3, 0.4) is 0 Å². The number of carboxylic acid groups (broad SMARTS) is 1. The van der Waals surface area contributed by atoms with Crippen LogP contribution in [0.2, 0.25) is 0 Å². The first kappa shape index (κ1) is 7.54. The fourth-order valence-corrected chi connectivity index (χ4v) is 2.00. The average Bonchev–Trinajstić information content (AvgIpc) is 2.43. The van der Waals surface area contributed by atoms with Gasteiger partial charge in [0, 0.05) is 0 Å². The topological polar surface area (TPSA) is 83.6 Å². The quantitative estimate of drug-likeness (QED) is 0.483. The fourth-order valence-electron chi connectivity index (χ4n) is 2.00. The van der Waals surface area contributed by atoms with E-state index in [0.717, 1.165) is 6.42 Å². The molecule has 12 heavy (non-hydrogen) atoms. The van der Waals surface area contributed by atoms with Gasteiger partial charge in [-0.3, -0.25) is 4.79 Å². The number of hydrogen-bond donors (Lipinski definition) is 2. The number of hydrogen-bond acceptors (Lipinski definition) is 3. The molecule has 3 N–H and O–H groups in total. The van der Waals surface area contributed by atoms with Crippen molar-refractivity contribution in [2.75, 3.05) is 0 Å². The summed E-state index contributed by atoms with van der Waals surface area (Å²) in [6.07, 6.45) is 1.27. The van der Waals surface area contributed by atoms with Gasteiger partial charge in [0.15, 0.2) is 0 Å². The lowest BCUT2D eigenvalue weighted by Gasteiger charge is -2.42. The molecular formula is C7H10N2O3. The molecule has 2 rings (SSSR count). The van der Waals surface area contributed by atoms with Crippen molar-refractivity contribution < 1.29 is 14.7 Å². The molecule has 0 aromatic carbocycles. The third-order valence-electron chi connectivity index (χ3n) is 2.67. The van der Waals surface area contributed by atoms with E-state index in [-0.39, 0.29) is 11.9 Å². The number of nitrogens with zero attached hydrogens (tertiary/aromatic N) is 1. The highest BCUT2D eigenvalue weighted by atomic mass is 16.4. The maximum Gasteiger partial charge on any atom is 0.326 e. The number of fused-ring (bicyclic) bond motifs is 1. The van der Waals surface area contributed by atoms with Gasteiger partial charge in [-0.15, -0.1) is 0 Å². The molecule has 0 saturated carbocycles. The standard InChI is InChI=1S/C7H10N2O3/c8-5-3-1-2-4(7(11)12)9(3)6(5)10/h3-5H,1-2,8H2,(H,11,12)/t3-,4+,5-/m0/s1. The number of rotatable bonds is 1. The Morgan fingerprint density at radius 2 is 2.25 bits per heavy atom. The van der Waals surface area contributed by atoms with Crippen molar-refractivity contribution in [3.05, 3.63) is 0 Å². The Hall–Kier alpha value is -1.10. The van der Waals surface area contributed by atoms with Crippen LogP contribution in [0.15, 0.2) is 0 Å². The molecule has 2 aliphatic rings. The van der Waals surface area contributed by atoms with Gasteiger partial charge < -0.3 is 15.7 Å². The molecular weight excluding hydrogens is 160 g/mol. The molecule has 3 atom stereocenters. The lowest BCUT2D eigenvalue weighted by molar-refractivity contribution is -0.158. The Bertz CT molecular complexity index is 253. The van der Waals surface area contributed by atoms with Gasteiger partial charge in [-0.25, -0.2) is 4.79 Å². The van der Waals surface area contributed by atoms with Crippen LogP contribution in [0.5, 0.6) is 0 Å². The molecule has 0 aromatic heterocycles. The zero-order valence-electron chi connectivity index (χ0n) is 6.43. The summed E-state index contributed by atoms with van der Waals surface area (Å²) in [4.78, 5) is 23.1. The van der Waals surface area contributed by atoms with Crippen LogP contribution in [0.4, 0.5) is 0 Å². The first-order chi connectivity index (χ1) is 5.63. The summed E-state index contributed by atoms with van der Waals surface area (Å²) < 4.78 is 0. The average molecular weight is 170 g/mol. The van der Waals surface area contributed by atoms with E-state index in [1.165, 1.54) is 4.90 Å².